The molecule has 0 unspecified atom stereocenters. The van der Waals surface area contributed by atoms with Crippen molar-refractivity contribution in [2.45, 2.75) is 39.3 Å². The number of benzene rings is 2. The summed E-state index contributed by atoms with van der Waals surface area (Å²) in [5.74, 6) is -1.35. The summed E-state index contributed by atoms with van der Waals surface area (Å²) in [6, 6.07) is 7.30. The summed E-state index contributed by atoms with van der Waals surface area (Å²) in [5.41, 5.74) is 3.24. The number of aliphatic carboxylic acids is 1. The predicted molar refractivity (Wildman–Crippen MR) is 101 cm³/mol. The summed E-state index contributed by atoms with van der Waals surface area (Å²) in [7, 11) is 0. The third kappa shape index (κ3) is 3.40. The quantitative estimate of drug-likeness (QED) is 0.553. The molecule has 4 N–H and O–H groups in total. The van der Waals surface area contributed by atoms with Crippen LogP contribution in [0.4, 0.5) is 0 Å². The van der Waals surface area contributed by atoms with Gasteiger partial charge in [-0.15, -0.1) is 0 Å². The van der Waals surface area contributed by atoms with Crippen molar-refractivity contribution in [3.8, 4) is 11.5 Å². The first-order chi connectivity index (χ1) is 12.9. The molecule has 6 heteroatoms. The maximum Gasteiger partial charge on any atom is 0.328 e. The fraction of sp³-hybridized carbons (Fsp3) is 0.333. The van der Waals surface area contributed by atoms with Crippen molar-refractivity contribution in [2.24, 2.45) is 10.9 Å². The van der Waals surface area contributed by atoms with Crippen LogP contribution in [0.3, 0.4) is 0 Å². The molecule has 0 saturated heterocycles. The Morgan fingerprint density at radius 3 is 2.48 bits per heavy atom. The Kier molecular flexibility index (Phi) is 5.19. The maximum absolute atomic E-state index is 11.8. The van der Waals surface area contributed by atoms with Gasteiger partial charge in [0.1, 0.15) is 11.5 Å². The molecule has 27 heavy (non-hydrogen) atoms. The van der Waals surface area contributed by atoms with E-state index in [4.69, 9.17) is 0 Å². The second kappa shape index (κ2) is 7.40. The van der Waals surface area contributed by atoms with Gasteiger partial charge in [-0.2, -0.15) is 0 Å². The summed E-state index contributed by atoms with van der Waals surface area (Å²) in [6.07, 6.45) is 1.07. The number of rotatable bonds is 5. The highest BCUT2D eigenvalue weighted by molar-refractivity contribution is 6.19. The lowest BCUT2D eigenvalue weighted by Crippen LogP contribution is -2.29. The number of hydrogen-bond donors (Lipinski definition) is 4. The Balaban J connectivity index is 2.30. The van der Waals surface area contributed by atoms with Crippen molar-refractivity contribution in [2.75, 3.05) is 0 Å². The smallest absolute Gasteiger partial charge is 0.328 e. The first-order valence-electron chi connectivity index (χ1n) is 8.95. The molecule has 0 amide bonds. The minimum Gasteiger partial charge on any atom is -0.507 e. The molecule has 1 aliphatic rings. The topological polar surface area (TPSA) is 110 Å². The number of phenols is 2. The summed E-state index contributed by atoms with van der Waals surface area (Å²) < 4.78 is 0. The molecule has 0 bridgehead atoms. The van der Waals surface area contributed by atoms with Gasteiger partial charge in [-0.25, -0.2) is 4.79 Å². The fourth-order valence-corrected chi connectivity index (χ4v) is 3.51. The zero-order valence-electron chi connectivity index (χ0n) is 15.3. The van der Waals surface area contributed by atoms with Crippen molar-refractivity contribution < 1.29 is 25.2 Å². The second-order valence-corrected chi connectivity index (χ2v) is 6.94. The summed E-state index contributed by atoms with van der Waals surface area (Å²) >= 11 is 0. The molecule has 0 heterocycles. The van der Waals surface area contributed by atoms with Crippen LogP contribution in [0.25, 0.3) is 0 Å². The van der Waals surface area contributed by atoms with Crippen LogP contribution in [-0.2, 0) is 17.8 Å². The van der Waals surface area contributed by atoms with E-state index in [0.717, 1.165) is 11.1 Å². The number of carboxylic acid groups (broad SMARTS) is 1. The molecule has 2 aromatic rings. The van der Waals surface area contributed by atoms with E-state index in [1.165, 1.54) is 12.1 Å². The second-order valence-electron chi connectivity index (χ2n) is 6.94. The first kappa shape index (κ1) is 18.9. The molecule has 0 aliphatic heterocycles. The van der Waals surface area contributed by atoms with Gasteiger partial charge >= 0.3 is 5.97 Å². The number of fused-ring (bicyclic) bond motifs is 2. The summed E-state index contributed by atoms with van der Waals surface area (Å²) in [5, 5.41) is 40.1. The molecule has 0 saturated carbocycles. The van der Waals surface area contributed by atoms with Gasteiger partial charge < -0.3 is 20.4 Å². The van der Waals surface area contributed by atoms with E-state index in [2.05, 4.69) is 4.99 Å². The number of carboxylic acids is 1. The van der Waals surface area contributed by atoms with Gasteiger partial charge in [0.2, 0.25) is 0 Å². The van der Waals surface area contributed by atoms with Gasteiger partial charge in [-0.3, -0.25) is 4.99 Å². The lowest BCUT2D eigenvalue weighted by atomic mass is 9.82. The van der Waals surface area contributed by atoms with Crippen molar-refractivity contribution >= 4 is 11.7 Å². The van der Waals surface area contributed by atoms with Gasteiger partial charge in [0.05, 0.1) is 12.3 Å². The number of aromatic hydroxyl groups is 2. The predicted octanol–water partition coefficient (Wildman–Crippen LogP) is 2.83. The minimum absolute atomic E-state index is 0.00387. The molecule has 142 valence electrons. The lowest BCUT2D eigenvalue weighted by Gasteiger charge is -2.26. The monoisotopic (exact) mass is 369 g/mol. The molecule has 1 aliphatic carbocycles. The van der Waals surface area contributed by atoms with Crippen LogP contribution in [-0.4, -0.2) is 38.1 Å². The van der Waals surface area contributed by atoms with Crippen molar-refractivity contribution in [1.29, 1.82) is 0 Å². The van der Waals surface area contributed by atoms with Gasteiger partial charge in [0.25, 0.3) is 0 Å². The number of carbonyl (C=O) groups is 1. The average Bonchev–Trinajstić information content (AvgIpc) is 2.64. The third-order valence-corrected chi connectivity index (χ3v) is 5.13. The Morgan fingerprint density at radius 2 is 1.85 bits per heavy atom. The van der Waals surface area contributed by atoms with Gasteiger partial charge in [0.15, 0.2) is 6.04 Å². The molecule has 0 radical (unpaired) electrons. The Bertz CT molecular complexity index is 919. The zero-order valence-corrected chi connectivity index (χ0v) is 15.3. The third-order valence-electron chi connectivity index (χ3n) is 5.13. The van der Waals surface area contributed by atoms with E-state index < -0.39 is 12.0 Å². The highest BCUT2D eigenvalue weighted by Crippen LogP contribution is 2.38. The van der Waals surface area contributed by atoms with Gasteiger partial charge in [-0.05, 0) is 41.2 Å². The summed E-state index contributed by atoms with van der Waals surface area (Å²) in [4.78, 5) is 16.3. The van der Waals surface area contributed by atoms with Crippen LogP contribution in [0, 0.1) is 5.92 Å². The number of nitrogens with zero attached hydrogens (tertiary/aromatic N) is 1. The maximum atomic E-state index is 11.8. The molecule has 0 spiro atoms. The van der Waals surface area contributed by atoms with E-state index in [1.807, 2.05) is 19.9 Å². The molecule has 0 aromatic heterocycles. The van der Waals surface area contributed by atoms with Crippen LogP contribution < -0.4 is 0 Å². The zero-order chi connectivity index (χ0) is 19.7. The summed E-state index contributed by atoms with van der Waals surface area (Å²) in [6.45, 7) is 3.49. The normalized spacial score (nSPS) is 16.5. The number of phenolic OH excluding ortho intramolecular Hbond substituents is 2. The van der Waals surface area contributed by atoms with Crippen LogP contribution >= 0.6 is 0 Å². The standard InChI is InChI=1S/C21H23NO5/c1-3-11(2)19(21(26)27)22-20-17-13(5-4-6-15(17)24)9-14-7-12(10-23)8-16(25)18(14)20/h4-8,11,19,23-25H,3,9-10H2,1-2H3,(H,26,27)/t11-,19-/m0/s1. The number of aliphatic hydroxyl groups is 1. The van der Waals surface area contributed by atoms with E-state index in [-0.39, 0.29) is 29.7 Å². The molecule has 6 nitrogen and oxygen atoms in total. The highest BCUT2D eigenvalue weighted by Gasteiger charge is 2.31. The number of aliphatic hydroxyl groups excluding tert-OH is 1. The Morgan fingerprint density at radius 1 is 1.15 bits per heavy atom. The fourth-order valence-electron chi connectivity index (χ4n) is 3.51. The van der Waals surface area contributed by atoms with Crippen molar-refractivity contribution in [1.82, 2.24) is 0 Å². The molecular weight excluding hydrogens is 346 g/mol. The molecule has 2 aromatic carbocycles. The minimum atomic E-state index is -1.05. The molecule has 2 atom stereocenters. The Labute approximate surface area is 157 Å². The highest BCUT2D eigenvalue weighted by atomic mass is 16.4. The van der Waals surface area contributed by atoms with Crippen molar-refractivity contribution in [3.05, 3.63) is 58.1 Å². The van der Waals surface area contributed by atoms with Crippen LogP contribution in [0.1, 0.15) is 48.1 Å². The SMILES string of the molecule is CC[C@H](C)[C@H](N=C1c2c(O)cccc2Cc2cc(CO)cc(O)c21)C(=O)O. The van der Waals surface area contributed by atoms with Crippen LogP contribution in [0.2, 0.25) is 0 Å². The van der Waals surface area contributed by atoms with Crippen LogP contribution in [0.5, 0.6) is 11.5 Å². The molecular formula is C21H23NO5. The molecule has 3 rings (SSSR count). The lowest BCUT2D eigenvalue weighted by molar-refractivity contribution is -0.139. The number of hydrogen-bond acceptors (Lipinski definition) is 5. The van der Waals surface area contributed by atoms with Crippen LogP contribution in [0.15, 0.2) is 35.3 Å². The Hall–Kier alpha value is -2.86. The van der Waals surface area contributed by atoms with E-state index in [0.29, 0.717) is 29.5 Å². The number of aliphatic imine (C=N–C) groups is 1. The van der Waals surface area contributed by atoms with E-state index in [1.54, 1.807) is 12.1 Å². The van der Waals surface area contributed by atoms with Gasteiger partial charge in [-0.1, -0.05) is 38.5 Å². The van der Waals surface area contributed by atoms with Crippen molar-refractivity contribution in [3.63, 3.8) is 0 Å². The van der Waals surface area contributed by atoms with Gasteiger partial charge in [0, 0.05) is 11.1 Å². The average molecular weight is 369 g/mol. The first-order valence-corrected chi connectivity index (χ1v) is 8.95. The largest absolute Gasteiger partial charge is 0.507 e. The van der Waals surface area contributed by atoms with E-state index in [9.17, 15) is 25.2 Å². The molecule has 0 fully saturated rings. The van der Waals surface area contributed by atoms with E-state index >= 15 is 0 Å².